The lowest BCUT2D eigenvalue weighted by Crippen LogP contribution is -2.51. The molecule has 0 bridgehead atoms. The minimum atomic E-state index is -1.34. The Kier molecular flexibility index (Phi) is 23.3. The van der Waals surface area contributed by atoms with E-state index < -0.39 is 42.0 Å². The van der Waals surface area contributed by atoms with Gasteiger partial charge in [0.2, 0.25) is 35.4 Å². The van der Waals surface area contributed by atoms with E-state index >= 15 is 0 Å². The summed E-state index contributed by atoms with van der Waals surface area (Å²) in [5.74, 6) is -3.17. The molecule has 2 aromatic carbocycles. The van der Waals surface area contributed by atoms with Gasteiger partial charge >= 0.3 is 18.0 Å². The Labute approximate surface area is 389 Å². The molecule has 1 saturated carbocycles. The van der Waals surface area contributed by atoms with E-state index in [-0.39, 0.29) is 86.6 Å². The van der Waals surface area contributed by atoms with Crippen LogP contribution < -0.4 is 37.3 Å². The topological polar surface area (TPSA) is 293 Å². The second-order valence-electron chi connectivity index (χ2n) is 16.4. The summed E-state index contributed by atoms with van der Waals surface area (Å²) in [6.45, 7) is 8.29. The molecule has 1 aliphatic carbocycles. The molecule has 1 aliphatic heterocycles. The van der Waals surface area contributed by atoms with Crippen molar-refractivity contribution in [2.45, 2.75) is 95.7 Å². The summed E-state index contributed by atoms with van der Waals surface area (Å²) in [4.78, 5) is 86.9. The minimum absolute atomic E-state index is 0.00518. The van der Waals surface area contributed by atoms with Crippen molar-refractivity contribution in [2.75, 3.05) is 59.3 Å². The normalized spacial score (nSPS) is 16.9. The quantitative estimate of drug-likeness (QED) is 0.0490. The van der Waals surface area contributed by atoms with Gasteiger partial charge in [0, 0.05) is 51.7 Å². The molecule has 1 fully saturated rings. The number of aliphatic carboxylic acids is 2. The molecule has 0 saturated heterocycles. The van der Waals surface area contributed by atoms with Gasteiger partial charge in [0.1, 0.15) is 18.1 Å². The first-order valence-electron chi connectivity index (χ1n) is 22.8. The van der Waals surface area contributed by atoms with Gasteiger partial charge in [0.25, 0.3) is 0 Å². The zero-order chi connectivity index (χ0) is 48.4. The number of amides is 6. The highest BCUT2D eigenvalue weighted by molar-refractivity contribution is 5.90. The molecule has 1 heterocycles. The van der Waals surface area contributed by atoms with Gasteiger partial charge in [-0.15, -0.1) is 5.10 Å². The monoisotopic (exact) mass is 938 g/mol. The number of fused-ring (bicyclic) bond motifs is 1. The molecule has 67 heavy (non-hydrogen) atoms. The molecule has 2 aliphatic rings. The van der Waals surface area contributed by atoms with Crippen LogP contribution in [0, 0.1) is 11.8 Å². The fourth-order valence-electron chi connectivity index (χ4n) is 7.45. The summed E-state index contributed by atoms with van der Waals surface area (Å²) in [7, 11) is 0. The summed E-state index contributed by atoms with van der Waals surface area (Å²) in [6.07, 6.45) is 3.80. The SMILES string of the molecule is C=C1NN=C(CC[C@H](NC(=O)N[C@@H](CCCCNC(=O)[C@H](Cc2ccc3ccccc3c2)NC(=O)C2CCC(CNC(=O)CCOCCOCCOCCNC(C)=O)CC2)C(=O)O)C(=O)O)O1. The number of nitrogens with zero attached hydrogens (tertiary/aromatic N) is 1. The van der Waals surface area contributed by atoms with Crippen molar-refractivity contribution in [2.24, 2.45) is 16.9 Å². The van der Waals surface area contributed by atoms with Crippen LogP contribution in [-0.4, -0.2) is 135 Å². The number of hydrazone groups is 1. The van der Waals surface area contributed by atoms with Crippen LogP contribution in [0.1, 0.15) is 76.7 Å². The lowest BCUT2D eigenvalue weighted by molar-refractivity contribution is -0.139. The predicted octanol–water partition coefficient (Wildman–Crippen LogP) is 2.04. The number of carboxylic acids is 2. The number of carbonyl (C=O) groups excluding carboxylic acids is 5. The number of carboxylic acid groups (broad SMARTS) is 2. The maximum atomic E-state index is 13.7. The molecule has 0 radical (unpaired) electrons. The standard InChI is InChI=1S/C46H66N8O13/c1-30(55)47-20-22-65-24-26-66-25-23-64-21-18-40(56)49-29-32-10-14-35(15-11-32)42(57)50-39(28-33-12-13-34-7-3-4-8-36(34)27-33)43(58)48-19-6-5-9-37(44(59)60)51-46(63)52-38(45(61)62)16-17-41-54-53-31(2)67-41/h3-4,7-8,12-13,27,32,35,37-39,53H,2,5-6,9-11,14-26,28-29H2,1H3,(H,47,55)(H,48,58)(H,49,56)(H,50,57)(H,59,60)(H,61,62)(H2,51,52,63)/t32?,35?,37-,38-,39-/m0/s1. The van der Waals surface area contributed by atoms with E-state index in [2.05, 4.69) is 49.0 Å². The fourth-order valence-corrected chi connectivity index (χ4v) is 7.45. The molecular formula is C46H66N8O13. The average Bonchev–Trinajstić information content (AvgIpc) is 3.73. The number of urea groups is 1. The summed E-state index contributed by atoms with van der Waals surface area (Å²) in [5.41, 5.74) is 3.35. The minimum Gasteiger partial charge on any atom is -0.480 e. The van der Waals surface area contributed by atoms with E-state index in [1.54, 1.807) is 0 Å². The number of benzene rings is 2. The van der Waals surface area contributed by atoms with E-state index in [9.17, 15) is 43.8 Å². The first-order valence-corrected chi connectivity index (χ1v) is 22.8. The van der Waals surface area contributed by atoms with Crippen LogP contribution in [0.4, 0.5) is 4.79 Å². The van der Waals surface area contributed by atoms with Gasteiger partial charge in [-0.3, -0.25) is 19.2 Å². The molecule has 3 atom stereocenters. The Bertz CT molecular complexity index is 2010. The second kappa shape index (κ2) is 29.3. The lowest BCUT2D eigenvalue weighted by Gasteiger charge is -2.29. The lowest BCUT2D eigenvalue weighted by atomic mass is 9.81. The third kappa shape index (κ3) is 20.8. The summed E-state index contributed by atoms with van der Waals surface area (Å²) < 4.78 is 21.5. The first kappa shape index (κ1) is 53.3. The number of ether oxygens (including phenoxy) is 4. The molecule has 21 heteroatoms. The van der Waals surface area contributed by atoms with E-state index in [0.29, 0.717) is 71.8 Å². The summed E-state index contributed by atoms with van der Waals surface area (Å²) in [5, 5.41) is 41.3. The van der Waals surface area contributed by atoms with Gasteiger partial charge in [-0.05, 0) is 80.2 Å². The molecular weight excluding hydrogens is 873 g/mol. The van der Waals surface area contributed by atoms with Crippen molar-refractivity contribution in [1.29, 1.82) is 0 Å². The zero-order valence-corrected chi connectivity index (χ0v) is 38.1. The Morgan fingerprint density at radius 2 is 1.42 bits per heavy atom. The van der Waals surface area contributed by atoms with Gasteiger partial charge in [0.05, 0.1) is 39.6 Å². The highest BCUT2D eigenvalue weighted by Gasteiger charge is 2.30. The number of hydrogen-bond donors (Lipinski definition) is 9. The molecule has 4 rings (SSSR count). The smallest absolute Gasteiger partial charge is 0.326 e. The van der Waals surface area contributed by atoms with Crippen molar-refractivity contribution in [1.82, 2.24) is 37.3 Å². The second-order valence-corrected chi connectivity index (χ2v) is 16.4. The molecule has 368 valence electrons. The number of hydrogen-bond acceptors (Lipinski definition) is 13. The van der Waals surface area contributed by atoms with Gasteiger partial charge in [0.15, 0.2) is 0 Å². The molecule has 0 aromatic heterocycles. The largest absolute Gasteiger partial charge is 0.480 e. The van der Waals surface area contributed by atoms with Crippen LogP contribution in [0.2, 0.25) is 0 Å². The highest BCUT2D eigenvalue weighted by atomic mass is 16.5. The van der Waals surface area contributed by atoms with Crippen LogP contribution in [0.5, 0.6) is 0 Å². The van der Waals surface area contributed by atoms with E-state index in [4.69, 9.17) is 18.9 Å². The van der Waals surface area contributed by atoms with E-state index in [1.807, 2.05) is 42.5 Å². The van der Waals surface area contributed by atoms with Crippen LogP contribution in [-0.2, 0) is 54.1 Å². The van der Waals surface area contributed by atoms with Crippen LogP contribution in [0.15, 0.2) is 60.0 Å². The summed E-state index contributed by atoms with van der Waals surface area (Å²) in [6, 6.07) is 9.20. The number of rotatable bonds is 31. The van der Waals surface area contributed by atoms with Gasteiger partial charge in [-0.1, -0.05) is 42.5 Å². The summed E-state index contributed by atoms with van der Waals surface area (Å²) >= 11 is 0. The van der Waals surface area contributed by atoms with Crippen molar-refractivity contribution in [3.05, 3.63) is 60.5 Å². The Hall–Kier alpha value is -6.32. The third-order valence-electron chi connectivity index (χ3n) is 11.1. The maximum absolute atomic E-state index is 13.7. The number of carbonyl (C=O) groups is 7. The van der Waals surface area contributed by atoms with Crippen molar-refractivity contribution < 1.29 is 62.7 Å². The van der Waals surface area contributed by atoms with Crippen molar-refractivity contribution >= 4 is 58.3 Å². The number of unbranched alkanes of at least 4 members (excludes halogenated alkanes) is 1. The van der Waals surface area contributed by atoms with Gasteiger partial charge in [-0.2, -0.15) is 0 Å². The maximum Gasteiger partial charge on any atom is 0.326 e. The molecule has 9 N–H and O–H groups in total. The number of nitrogens with one attached hydrogen (secondary N) is 7. The predicted molar refractivity (Wildman–Crippen MR) is 245 cm³/mol. The fraction of sp³-hybridized carbons (Fsp3) is 0.565. The molecule has 2 aromatic rings. The van der Waals surface area contributed by atoms with Gasteiger partial charge in [-0.25, -0.2) is 19.8 Å². The van der Waals surface area contributed by atoms with Crippen LogP contribution in [0.3, 0.4) is 0 Å². The Balaban J connectivity index is 1.17. The molecule has 6 amide bonds. The zero-order valence-electron chi connectivity index (χ0n) is 38.1. The van der Waals surface area contributed by atoms with Crippen LogP contribution >= 0.6 is 0 Å². The van der Waals surface area contributed by atoms with Gasteiger partial charge < -0.3 is 61.1 Å². The van der Waals surface area contributed by atoms with E-state index in [1.165, 1.54) is 6.92 Å². The Morgan fingerprint density at radius 3 is 2.07 bits per heavy atom. The van der Waals surface area contributed by atoms with Crippen molar-refractivity contribution in [3.63, 3.8) is 0 Å². The van der Waals surface area contributed by atoms with Crippen molar-refractivity contribution in [3.8, 4) is 0 Å². The first-order chi connectivity index (χ1) is 32.3. The highest BCUT2D eigenvalue weighted by Crippen LogP contribution is 2.29. The third-order valence-corrected chi connectivity index (χ3v) is 11.1. The molecule has 0 unspecified atom stereocenters. The van der Waals surface area contributed by atoms with E-state index in [0.717, 1.165) is 29.2 Å². The molecule has 21 nitrogen and oxygen atoms in total. The average molecular weight is 939 g/mol. The Morgan fingerprint density at radius 1 is 0.761 bits per heavy atom. The van der Waals surface area contributed by atoms with Crippen LogP contribution in [0.25, 0.3) is 10.8 Å². The molecule has 0 spiro atoms.